The van der Waals surface area contributed by atoms with Crippen molar-refractivity contribution >= 4 is 128 Å². The topological polar surface area (TPSA) is 323 Å². The Morgan fingerprint density at radius 2 is 0.584 bits per heavy atom. The maximum absolute atomic E-state index is 13.3. The lowest BCUT2D eigenvalue weighted by molar-refractivity contribution is -0.137. The zero-order chi connectivity index (χ0) is 84.9. The predicted octanol–water partition coefficient (Wildman–Crippen LogP) is 13.6. The maximum Gasteiger partial charge on any atom is 0.287 e. The summed E-state index contributed by atoms with van der Waals surface area (Å²) in [6.45, 7) is 10.6. The van der Waals surface area contributed by atoms with Gasteiger partial charge in [0.2, 0.25) is 40.5 Å². The van der Waals surface area contributed by atoms with Crippen molar-refractivity contribution in [1.82, 2.24) is 37.2 Å². The molecule has 0 aromatic heterocycles. The van der Waals surface area contributed by atoms with E-state index in [0.717, 1.165) is 72.8 Å². The minimum absolute atomic E-state index is 0. The van der Waals surface area contributed by atoms with Gasteiger partial charge in [-0.2, -0.15) is 0 Å². The van der Waals surface area contributed by atoms with Crippen LogP contribution in [0.4, 0.5) is 43.9 Å². The Balaban J connectivity index is 0.00000129. The van der Waals surface area contributed by atoms with Gasteiger partial charge in [-0.15, -0.1) is 0 Å². The van der Waals surface area contributed by atoms with Crippen LogP contribution in [-0.2, 0) is 113 Å². The average Bonchev–Trinajstić information content (AvgIpc) is 0.892. The Hall–Kier alpha value is -11.0. The molecule has 0 heterocycles. The minimum Gasteiger partial charge on any atom is -0.345 e. The quantitative estimate of drug-likeness (QED) is 0.0177. The van der Waals surface area contributed by atoms with Crippen molar-refractivity contribution in [2.75, 3.05) is 0 Å². The third-order valence-electron chi connectivity index (χ3n) is 14.2. The van der Waals surface area contributed by atoms with Crippen LogP contribution in [0.3, 0.4) is 0 Å². The van der Waals surface area contributed by atoms with Gasteiger partial charge in [0, 0.05) is 135 Å². The second-order valence-electron chi connectivity index (χ2n) is 22.3. The minimum atomic E-state index is -0.829. The van der Waals surface area contributed by atoms with Gasteiger partial charge in [-0.3, -0.25) is 67.1 Å². The lowest BCUT2D eigenvalue weighted by Gasteiger charge is -2.06. The van der Waals surface area contributed by atoms with Crippen molar-refractivity contribution in [2.24, 2.45) is 0 Å². The molecular weight excluding hydrogens is 1590 g/mol. The molecule has 7 aromatic carbocycles. The number of carbonyl (C=O) groups excluding carboxylic acids is 14. The summed E-state index contributed by atoms with van der Waals surface area (Å²) in [7, 11) is 0. The van der Waals surface area contributed by atoms with E-state index in [9.17, 15) is 111 Å². The highest BCUT2D eigenvalue weighted by molar-refractivity contribution is 6.43. The number of hydrogen-bond donors (Lipinski definition) is 7. The van der Waals surface area contributed by atoms with E-state index in [1.165, 1.54) is 43.3 Å². The fourth-order valence-electron chi connectivity index (χ4n) is 7.82. The highest BCUT2D eigenvalue weighted by Gasteiger charge is 2.19. The highest BCUT2D eigenvalue weighted by atomic mass is 35.5. The summed E-state index contributed by atoms with van der Waals surface area (Å²) in [6, 6.07) is 25.5. The number of amides is 7. The molecule has 0 aliphatic heterocycles. The zero-order valence-corrected chi connectivity index (χ0v) is 64.1. The molecule has 7 rings (SSSR count). The highest BCUT2D eigenvalue weighted by Crippen LogP contribution is 2.25. The van der Waals surface area contributed by atoms with Gasteiger partial charge in [0.05, 0.1) is 10.0 Å². The van der Waals surface area contributed by atoms with E-state index in [-0.39, 0.29) is 130 Å². The van der Waals surface area contributed by atoms with Gasteiger partial charge in [-0.1, -0.05) is 139 Å². The molecule has 0 saturated carbocycles. The predicted molar refractivity (Wildman–Crippen MR) is 401 cm³/mol. The van der Waals surface area contributed by atoms with Crippen LogP contribution >= 0.6 is 46.4 Å². The van der Waals surface area contributed by atoms with Crippen molar-refractivity contribution in [1.29, 1.82) is 0 Å². The molecule has 21 nitrogen and oxygen atoms in total. The van der Waals surface area contributed by atoms with Crippen molar-refractivity contribution < 1.29 is 111 Å². The molecule has 0 atom stereocenters. The average molecular weight is 1670 g/mol. The number of Topliss-reactive ketones (excluding diaryl/α,β-unsaturated/α-hetero) is 7. The third-order valence-corrected chi connectivity index (χ3v) is 15.6. The fraction of sp³-hybridized carbons (Fsp3) is 0.282. The van der Waals surface area contributed by atoms with E-state index in [2.05, 4.69) is 37.2 Å². The van der Waals surface area contributed by atoms with Crippen LogP contribution in [-0.4, -0.2) is 81.8 Å². The van der Waals surface area contributed by atoms with Crippen molar-refractivity contribution in [3.8, 4) is 0 Å². The van der Waals surface area contributed by atoms with Gasteiger partial charge < -0.3 is 37.2 Å². The third kappa shape index (κ3) is 39.6. The first-order valence-corrected chi connectivity index (χ1v) is 35.1. The lowest BCUT2D eigenvalue weighted by atomic mass is 10.2. The second kappa shape index (κ2) is 54.6. The molecule has 113 heavy (non-hydrogen) atoms. The fourth-order valence-corrected chi connectivity index (χ4v) is 8.60. The Morgan fingerprint density at radius 1 is 0.265 bits per heavy atom. The number of nitrogens with one attached hydrogen (secondary N) is 7. The number of benzene rings is 7. The molecule has 7 aromatic rings. The van der Waals surface area contributed by atoms with E-state index in [0.29, 0.717) is 26.7 Å². The van der Waals surface area contributed by atoms with Crippen LogP contribution in [0.1, 0.15) is 140 Å². The molecule has 7 amide bonds. The molecule has 0 radical (unpaired) electrons. The maximum atomic E-state index is 13.3. The number of rotatable bonds is 28. The normalized spacial score (nSPS) is 9.85. The van der Waals surface area contributed by atoms with Gasteiger partial charge in [-0.25, -0.2) is 43.9 Å². The number of carbonyl (C=O) groups is 14. The Kier molecular flexibility index (Phi) is 49.3. The van der Waals surface area contributed by atoms with E-state index in [1.54, 1.807) is 59.7 Å². The Labute approximate surface area is 664 Å². The van der Waals surface area contributed by atoms with Crippen LogP contribution in [0.5, 0.6) is 0 Å². The molecule has 0 saturated heterocycles. The van der Waals surface area contributed by atoms with Gasteiger partial charge in [0.25, 0.3) is 41.4 Å². The monoisotopic (exact) mass is 1670 g/mol. The molecule has 0 fully saturated rings. The summed E-state index contributed by atoms with van der Waals surface area (Å²) in [4.78, 5) is 154. The number of hydrogen-bond acceptors (Lipinski definition) is 14. The molecule has 0 aliphatic carbocycles. The van der Waals surface area contributed by atoms with Crippen LogP contribution in [0, 0.1) is 58.2 Å². The molecule has 610 valence electrons. The summed E-state index contributed by atoms with van der Waals surface area (Å²) < 4.78 is 129. The van der Waals surface area contributed by atoms with Crippen LogP contribution in [0.15, 0.2) is 127 Å². The smallest absolute Gasteiger partial charge is 0.287 e. The first-order chi connectivity index (χ1) is 52.8. The van der Waals surface area contributed by atoms with E-state index in [4.69, 9.17) is 46.4 Å². The van der Waals surface area contributed by atoms with Gasteiger partial charge >= 0.3 is 0 Å². The van der Waals surface area contributed by atoms with Crippen LogP contribution in [0.2, 0.25) is 20.1 Å². The molecule has 0 aliphatic rings. The van der Waals surface area contributed by atoms with Crippen molar-refractivity contribution in [3.63, 3.8) is 0 Å². The SMILES string of the molecule is C.CCC(=O)C(=O)NCc1c(F)cccc1F.CCC(=O)C(=O)NCc1cc(F)cc(F)c1.CCC(=O)C(=O)NCc1cc(F)ccc1F.CCC(=O)C(=O)NCc1ccc(Cl)cc1F.CCC(=O)C(=O)NCc1ccc(F)cc1Cl.CCC(=O)C(=O)NCc1ccc(F)cc1F.CCC(=O)C(=O)NCc1cccc(Cl)c1Cl. The molecule has 35 heteroatoms. The second-order valence-corrected chi connectivity index (χ2v) is 24.0. The number of halogens is 14. The van der Waals surface area contributed by atoms with Crippen molar-refractivity contribution in [2.45, 2.75) is 147 Å². The van der Waals surface area contributed by atoms with Crippen LogP contribution < -0.4 is 37.2 Å². The molecule has 0 spiro atoms. The van der Waals surface area contributed by atoms with Gasteiger partial charge in [0.15, 0.2) is 0 Å². The van der Waals surface area contributed by atoms with Gasteiger partial charge in [0.1, 0.15) is 58.2 Å². The Morgan fingerprint density at radius 3 is 0.973 bits per heavy atom. The number of ketones is 7. The summed E-state index contributed by atoms with van der Waals surface area (Å²) in [6.07, 6.45) is 0.817. The summed E-state index contributed by atoms with van der Waals surface area (Å²) >= 11 is 23.1. The first-order valence-electron chi connectivity index (χ1n) is 33.6. The summed E-state index contributed by atoms with van der Waals surface area (Å²) in [5.74, 6) is -15.3. The van der Waals surface area contributed by atoms with Crippen molar-refractivity contribution in [3.05, 3.63) is 245 Å². The molecule has 0 unspecified atom stereocenters. The summed E-state index contributed by atoms with van der Waals surface area (Å²) in [5, 5.41) is 17.5. The zero-order valence-electron chi connectivity index (χ0n) is 61.0. The van der Waals surface area contributed by atoms with E-state index >= 15 is 0 Å². The summed E-state index contributed by atoms with van der Waals surface area (Å²) in [5.41, 5.74) is 1.72. The van der Waals surface area contributed by atoms with Gasteiger partial charge in [-0.05, 0) is 95.6 Å². The standard InChI is InChI=1S/C11H11Cl2NO2.2C11H11ClFNO2.4C11H11F2NO2.CH4/c1-2-9(15)11(16)14-6-7-4-3-5-8(12)10(7)13;1-2-10(15)11(16)14-6-7-3-4-8(13)5-9(7)12;1-2-10(15)11(16)14-6-7-3-4-8(12)5-9(7)13;1-2-10(15)11(16)14-6-7-3-8(12)5-9(13)4-7;1-2-10(15)11(16)14-6-7-5-8(12)3-4-9(7)13;1-2-10(15)11(16)14-6-7-3-4-8(12)5-9(7)13;1-2-10(15)11(16)14-6-7-8(12)4-3-5-9(7)13;/h7*3-5H,2,6H2,1H3,(H,14,16);1H4. The lowest BCUT2D eigenvalue weighted by Crippen LogP contribution is -2.30. The first kappa shape index (κ1) is 102. The van der Waals surface area contributed by atoms with Crippen LogP contribution in [0.25, 0.3) is 0 Å². The Bertz CT molecular complexity index is 4240. The van der Waals surface area contributed by atoms with E-state index in [1.807, 2.05) is 0 Å². The molecular formula is C78H81Cl4F10N7O14. The molecule has 0 bridgehead atoms. The molecule has 7 N–H and O–H groups in total. The van der Waals surface area contributed by atoms with E-state index < -0.39 is 140 Å². The largest absolute Gasteiger partial charge is 0.345 e.